The Morgan fingerprint density at radius 3 is 2.86 bits per heavy atom. The predicted molar refractivity (Wildman–Crippen MR) is 77.9 cm³/mol. The first-order chi connectivity index (χ1) is 10.2. The lowest BCUT2D eigenvalue weighted by atomic mass is 10.1. The van der Waals surface area contributed by atoms with E-state index in [9.17, 15) is 4.79 Å². The van der Waals surface area contributed by atoms with Gasteiger partial charge in [0.15, 0.2) is 0 Å². The van der Waals surface area contributed by atoms with Gasteiger partial charge in [0.25, 0.3) is 0 Å². The summed E-state index contributed by atoms with van der Waals surface area (Å²) >= 11 is 0. The fourth-order valence-corrected chi connectivity index (χ4v) is 2.55. The van der Waals surface area contributed by atoms with E-state index in [1.54, 1.807) is 14.2 Å². The zero-order valence-electron chi connectivity index (χ0n) is 11.8. The van der Waals surface area contributed by atoms with Gasteiger partial charge in [0.05, 0.1) is 14.2 Å². The van der Waals surface area contributed by atoms with Crippen molar-refractivity contribution in [1.29, 1.82) is 0 Å². The van der Waals surface area contributed by atoms with Crippen molar-refractivity contribution in [2.45, 2.75) is 6.42 Å². The standard InChI is InChI=1S/C14H16N4O3/c1-20-8-3-4-11(21-2)10(7-8)12-9-5-6-16-13(9)18(17-12)14(15)19/h3-4,7,16H,5-6H2,1-2H3,(H2,15,19). The molecule has 0 saturated heterocycles. The summed E-state index contributed by atoms with van der Waals surface area (Å²) in [6, 6.07) is 4.84. The van der Waals surface area contributed by atoms with Gasteiger partial charge < -0.3 is 20.5 Å². The maximum absolute atomic E-state index is 11.5. The third-order valence-electron chi connectivity index (χ3n) is 3.52. The minimum Gasteiger partial charge on any atom is -0.497 e. The van der Waals surface area contributed by atoms with Crippen molar-refractivity contribution in [3.05, 3.63) is 23.8 Å². The van der Waals surface area contributed by atoms with E-state index in [2.05, 4.69) is 10.4 Å². The molecular weight excluding hydrogens is 272 g/mol. The zero-order chi connectivity index (χ0) is 15.0. The topological polar surface area (TPSA) is 91.4 Å². The number of primary amides is 1. The van der Waals surface area contributed by atoms with Crippen molar-refractivity contribution in [3.8, 4) is 22.8 Å². The molecule has 2 aromatic rings. The molecule has 7 nitrogen and oxygen atoms in total. The van der Waals surface area contributed by atoms with Crippen molar-refractivity contribution in [2.24, 2.45) is 5.73 Å². The van der Waals surface area contributed by atoms with Gasteiger partial charge in [-0.25, -0.2) is 4.79 Å². The van der Waals surface area contributed by atoms with Crippen LogP contribution >= 0.6 is 0 Å². The zero-order valence-corrected chi connectivity index (χ0v) is 11.8. The highest BCUT2D eigenvalue weighted by molar-refractivity contribution is 5.84. The first-order valence-corrected chi connectivity index (χ1v) is 6.53. The molecular formula is C14H16N4O3. The molecule has 0 aliphatic carbocycles. The summed E-state index contributed by atoms with van der Waals surface area (Å²) < 4.78 is 11.8. The van der Waals surface area contributed by atoms with Crippen LogP contribution in [0, 0.1) is 0 Å². The van der Waals surface area contributed by atoms with E-state index < -0.39 is 6.03 Å². The Morgan fingerprint density at radius 1 is 1.38 bits per heavy atom. The lowest BCUT2D eigenvalue weighted by molar-refractivity contribution is 0.248. The third-order valence-corrected chi connectivity index (χ3v) is 3.52. The minimum atomic E-state index is -0.617. The highest BCUT2D eigenvalue weighted by Gasteiger charge is 2.26. The number of methoxy groups -OCH3 is 2. The molecule has 21 heavy (non-hydrogen) atoms. The molecule has 1 aliphatic heterocycles. The number of hydrogen-bond donors (Lipinski definition) is 2. The molecule has 2 heterocycles. The summed E-state index contributed by atoms with van der Waals surface area (Å²) in [5.41, 5.74) is 7.79. The number of anilines is 1. The van der Waals surface area contributed by atoms with Crippen molar-refractivity contribution >= 4 is 11.8 Å². The number of carbonyl (C=O) groups excluding carboxylic acids is 1. The summed E-state index contributed by atoms with van der Waals surface area (Å²) in [7, 11) is 3.19. The van der Waals surface area contributed by atoms with Crippen LogP contribution < -0.4 is 20.5 Å². The lowest BCUT2D eigenvalue weighted by Gasteiger charge is -2.09. The van der Waals surface area contributed by atoms with Gasteiger partial charge in [-0.15, -0.1) is 0 Å². The fraction of sp³-hybridized carbons (Fsp3) is 0.286. The molecule has 0 bridgehead atoms. The summed E-state index contributed by atoms with van der Waals surface area (Å²) in [5, 5.41) is 7.46. The highest BCUT2D eigenvalue weighted by atomic mass is 16.5. The molecule has 0 atom stereocenters. The van der Waals surface area contributed by atoms with Gasteiger partial charge in [0, 0.05) is 17.7 Å². The van der Waals surface area contributed by atoms with Crippen LogP contribution in [0.5, 0.6) is 11.5 Å². The van der Waals surface area contributed by atoms with Crippen LogP contribution in [0.15, 0.2) is 18.2 Å². The number of rotatable bonds is 3. The quantitative estimate of drug-likeness (QED) is 0.892. The third kappa shape index (κ3) is 2.06. The maximum atomic E-state index is 11.5. The smallest absolute Gasteiger partial charge is 0.341 e. The molecule has 0 spiro atoms. The second-order valence-electron chi connectivity index (χ2n) is 4.67. The molecule has 0 saturated carbocycles. The number of nitrogens with one attached hydrogen (secondary N) is 1. The van der Waals surface area contributed by atoms with E-state index >= 15 is 0 Å². The molecule has 110 valence electrons. The molecule has 3 N–H and O–H groups in total. The van der Waals surface area contributed by atoms with Gasteiger partial charge in [-0.3, -0.25) is 0 Å². The van der Waals surface area contributed by atoms with Crippen molar-refractivity contribution in [1.82, 2.24) is 9.78 Å². The number of hydrogen-bond acceptors (Lipinski definition) is 5. The normalized spacial score (nSPS) is 12.7. The van der Waals surface area contributed by atoms with E-state index in [1.165, 1.54) is 4.68 Å². The number of aromatic nitrogens is 2. The SMILES string of the molecule is COc1ccc(OC)c(-c2nn(C(N)=O)c3c2CCN3)c1. The van der Waals surface area contributed by atoms with Crippen LogP contribution in [-0.4, -0.2) is 36.6 Å². The average molecular weight is 288 g/mol. The van der Waals surface area contributed by atoms with E-state index in [-0.39, 0.29) is 0 Å². The van der Waals surface area contributed by atoms with Gasteiger partial charge in [-0.1, -0.05) is 0 Å². The first-order valence-electron chi connectivity index (χ1n) is 6.53. The number of nitrogens with zero attached hydrogens (tertiary/aromatic N) is 2. The predicted octanol–water partition coefficient (Wildman–Crippen LogP) is 1.46. The average Bonchev–Trinajstić information content (AvgIpc) is 3.08. The summed E-state index contributed by atoms with van der Waals surface area (Å²) in [4.78, 5) is 11.5. The summed E-state index contributed by atoms with van der Waals surface area (Å²) in [6.45, 7) is 0.750. The first kappa shape index (κ1) is 13.3. The van der Waals surface area contributed by atoms with E-state index in [1.807, 2.05) is 18.2 Å². The van der Waals surface area contributed by atoms with Gasteiger partial charge in [0.2, 0.25) is 0 Å². The Kier molecular flexibility index (Phi) is 3.17. The van der Waals surface area contributed by atoms with Crippen LogP contribution in [0.25, 0.3) is 11.3 Å². The van der Waals surface area contributed by atoms with Crippen molar-refractivity contribution in [2.75, 3.05) is 26.1 Å². The molecule has 7 heteroatoms. The Morgan fingerprint density at radius 2 is 2.19 bits per heavy atom. The van der Waals surface area contributed by atoms with Crippen molar-refractivity contribution in [3.63, 3.8) is 0 Å². The number of carbonyl (C=O) groups is 1. The second-order valence-corrected chi connectivity index (χ2v) is 4.67. The van der Waals surface area contributed by atoms with Crippen LogP contribution in [0.1, 0.15) is 5.56 Å². The Bertz CT molecular complexity index is 708. The minimum absolute atomic E-state index is 0.617. The number of benzene rings is 1. The highest BCUT2D eigenvalue weighted by Crippen LogP contribution is 2.38. The summed E-state index contributed by atoms with van der Waals surface area (Å²) in [6.07, 6.45) is 0.776. The number of fused-ring (bicyclic) bond motifs is 1. The Hall–Kier alpha value is -2.70. The van der Waals surface area contributed by atoms with Crippen LogP contribution in [0.2, 0.25) is 0 Å². The Balaban J connectivity index is 2.21. The molecule has 1 aromatic heterocycles. The Labute approximate surface area is 121 Å². The fourth-order valence-electron chi connectivity index (χ4n) is 2.55. The molecule has 3 rings (SSSR count). The van der Waals surface area contributed by atoms with E-state index in [4.69, 9.17) is 15.2 Å². The molecule has 0 fully saturated rings. The summed E-state index contributed by atoms with van der Waals surface area (Å²) in [5.74, 6) is 2.01. The second kappa shape index (κ2) is 5.01. The van der Waals surface area contributed by atoms with Gasteiger partial charge in [-0.2, -0.15) is 9.78 Å². The number of amides is 1. The molecule has 1 aromatic carbocycles. The van der Waals surface area contributed by atoms with Crippen molar-refractivity contribution < 1.29 is 14.3 Å². The monoisotopic (exact) mass is 288 g/mol. The van der Waals surface area contributed by atoms with Gasteiger partial charge in [0.1, 0.15) is 23.0 Å². The maximum Gasteiger partial charge on any atom is 0.341 e. The number of nitrogens with two attached hydrogens (primary N) is 1. The van der Waals surface area contributed by atoms with E-state index in [0.29, 0.717) is 23.0 Å². The molecule has 0 radical (unpaired) electrons. The molecule has 0 unspecified atom stereocenters. The van der Waals surface area contributed by atoms with Gasteiger partial charge in [-0.05, 0) is 24.6 Å². The van der Waals surface area contributed by atoms with Crippen LogP contribution in [-0.2, 0) is 6.42 Å². The largest absolute Gasteiger partial charge is 0.497 e. The molecule has 1 aliphatic rings. The van der Waals surface area contributed by atoms with Crippen LogP contribution in [0.3, 0.4) is 0 Å². The van der Waals surface area contributed by atoms with Gasteiger partial charge >= 0.3 is 6.03 Å². The van der Waals surface area contributed by atoms with Crippen LogP contribution in [0.4, 0.5) is 10.6 Å². The molecule has 1 amide bonds. The lowest BCUT2D eigenvalue weighted by Crippen LogP contribution is -2.22. The number of ether oxygens (including phenoxy) is 2. The van der Waals surface area contributed by atoms with E-state index in [0.717, 1.165) is 24.1 Å².